The molecule has 0 saturated heterocycles. The van der Waals surface area contributed by atoms with E-state index in [9.17, 15) is 0 Å². The molecular formula is C16H26. The first-order valence-electron chi connectivity index (χ1n) is 7.12. The van der Waals surface area contributed by atoms with Crippen molar-refractivity contribution >= 4 is 0 Å². The van der Waals surface area contributed by atoms with Crippen molar-refractivity contribution in [2.75, 3.05) is 0 Å². The zero-order valence-corrected chi connectivity index (χ0v) is 11.0. The van der Waals surface area contributed by atoms with Crippen molar-refractivity contribution in [1.29, 1.82) is 0 Å². The van der Waals surface area contributed by atoms with E-state index in [1.165, 1.54) is 56.9 Å². The molecule has 0 heteroatoms. The smallest absolute Gasteiger partial charge is 0.0165 e. The Balaban J connectivity index is 1.94. The first-order chi connectivity index (χ1) is 7.77. The molecule has 1 unspecified atom stereocenters. The lowest BCUT2D eigenvalue weighted by Crippen LogP contribution is -2.17. The Hall–Kier alpha value is -0.520. The molecule has 0 aromatic rings. The molecule has 16 heavy (non-hydrogen) atoms. The molecule has 2 rings (SSSR count). The molecule has 0 amide bonds. The molecule has 1 atom stereocenters. The molecule has 0 heterocycles. The maximum absolute atomic E-state index is 2.49. The van der Waals surface area contributed by atoms with Crippen LogP contribution in [0, 0.1) is 11.8 Å². The van der Waals surface area contributed by atoms with Crippen LogP contribution in [0.15, 0.2) is 23.3 Å². The number of hydrogen-bond acceptors (Lipinski definition) is 0. The third-order valence-electron chi connectivity index (χ3n) is 4.56. The molecule has 2 aliphatic rings. The monoisotopic (exact) mass is 218 g/mol. The van der Waals surface area contributed by atoms with E-state index in [0.717, 1.165) is 11.8 Å². The van der Waals surface area contributed by atoms with Gasteiger partial charge in [0.2, 0.25) is 0 Å². The second kappa shape index (κ2) is 5.70. The van der Waals surface area contributed by atoms with E-state index in [4.69, 9.17) is 0 Å². The molecule has 0 bridgehead atoms. The molecule has 0 nitrogen and oxygen atoms in total. The highest BCUT2D eigenvalue weighted by atomic mass is 14.3. The molecule has 0 aliphatic heterocycles. The predicted octanol–water partition coefficient (Wildman–Crippen LogP) is 5.26. The molecule has 1 fully saturated rings. The average molecular weight is 218 g/mol. The highest BCUT2D eigenvalue weighted by Gasteiger charge is 2.22. The predicted molar refractivity (Wildman–Crippen MR) is 71.4 cm³/mol. The fraction of sp³-hybridized carbons (Fsp3) is 0.750. The Bertz CT molecular complexity index is 274. The van der Waals surface area contributed by atoms with Gasteiger partial charge in [0, 0.05) is 0 Å². The molecule has 90 valence electrons. The Morgan fingerprint density at radius 1 is 0.938 bits per heavy atom. The van der Waals surface area contributed by atoms with Crippen molar-refractivity contribution in [3.05, 3.63) is 23.3 Å². The zero-order chi connectivity index (χ0) is 11.4. The van der Waals surface area contributed by atoms with Gasteiger partial charge in [-0.15, -0.1) is 0 Å². The Morgan fingerprint density at radius 2 is 1.56 bits per heavy atom. The van der Waals surface area contributed by atoms with E-state index in [1.54, 1.807) is 5.57 Å². The minimum absolute atomic E-state index is 0.849. The summed E-state index contributed by atoms with van der Waals surface area (Å²) in [5.41, 5.74) is 3.12. The fourth-order valence-corrected chi connectivity index (χ4v) is 3.23. The van der Waals surface area contributed by atoms with Gasteiger partial charge in [0.15, 0.2) is 0 Å². The van der Waals surface area contributed by atoms with Gasteiger partial charge < -0.3 is 0 Å². The lowest BCUT2D eigenvalue weighted by atomic mass is 9.76. The highest BCUT2D eigenvalue weighted by molar-refractivity contribution is 5.28. The van der Waals surface area contributed by atoms with E-state index in [-0.39, 0.29) is 0 Å². The van der Waals surface area contributed by atoms with Crippen LogP contribution in [0.4, 0.5) is 0 Å². The minimum Gasteiger partial charge on any atom is -0.0806 e. The van der Waals surface area contributed by atoms with E-state index in [1.807, 2.05) is 0 Å². The molecule has 2 aliphatic carbocycles. The molecule has 0 radical (unpaired) electrons. The molecule has 0 aromatic heterocycles. The Morgan fingerprint density at radius 3 is 2.19 bits per heavy atom. The van der Waals surface area contributed by atoms with Crippen molar-refractivity contribution in [2.45, 2.75) is 65.2 Å². The minimum atomic E-state index is 0.849. The van der Waals surface area contributed by atoms with E-state index < -0.39 is 0 Å². The molecule has 0 spiro atoms. The van der Waals surface area contributed by atoms with Gasteiger partial charge >= 0.3 is 0 Å². The van der Waals surface area contributed by atoms with Crippen molar-refractivity contribution in [2.24, 2.45) is 11.8 Å². The standard InChI is InChI=1S/C16H26/c1-13-10-11-16(12-14(13)2)15-8-6-4-3-5-7-9-15/h10-11,15-16H,3-9,12H2,1-2H3. The quantitative estimate of drug-likeness (QED) is 0.563. The van der Waals surface area contributed by atoms with Crippen LogP contribution < -0.4 is 0 Å². The third-order valence-corrected chi connectivity index (χ3v) is 4.56. The maximum atomic E-state index is 2.49. The van der Waals surface area contributed by atoms with Crippen molar-refractivity contribution in [3.8, 4) is 0 Å². The van der Waals surface area contributed by atoms with Crippen LogP contribution in [-0.4, -0.2) is 0 Å². The van der Waals surface area contributed by atoms with Gasteiger partial charge in [0.05, 0.1) is 0 Å². The first-order valence-corrected chi connectivity index (χ1v) is 7.12. The van der Waals surface area contributed by atoms with Crippen LogP contribution in [0.1, 0.15) is 65.2 Å². The van der Waals surface area contributed by atoms with Crippen LogP contribution in [0.3, 0.4) is 0 Å². The van der Waals surface area contributed by atoms with Gasteiger partial charge in [-0.1, -0.05) is 55.4 Å². The lowest BCUT2D eigenvalue weighted by molar-refractivity contribution is 0.301. The van der Waals surface area contributed by atoms with Gasteiger partial charge in [-0.25, -0.2) is 0 Å². The number of hydrogen-bond donors (Lipinski definition) is 0. The second-order valence-corrected chi connectivity index (χ2v) is 5.80. The van der Waals surface area contributed by atoms with Crippen LogP contribution in [0.2, 0.25) is 0 Å². The normalized spacial score (nSPS) is 29.0. The lowest BCUT2D eigenvalue weighted by Gasteiger charge is -2.29. The molecular weight excluding hydrogens is 192 g/mol. The molecule has 1 saturated carbocycles. The van der Waals surface area contributed by atoms with E-state index >= 15 is 0 Å². The Labute approximate surface area is 101 Å². The van der Waals surface area contributed by atoms with Gasteiger partial charge in [-0.2, -0.15) is 0 Å². The first kappa shape index (κ1) is 12.0. The topological polar surface area (TPSA) is 0 Å². The van der Waals surface area contributed by atoms with Crippen molar-refractivity contribution < 1.29 is 0 Å². The Kier molecular flexibility index (Phi) is 4.26. The van der Waals surface area contributed by atoms with Gasteiger partial charge in [-0.05, 0) is 44.9 Å². The SMILES string of the molecule is CC1=C(C)CC(C2CCCCCCC2)C=C1. The van der Waals surface area contributed by atoms with Crippen LogP contribution in [0.5, 0.6) is 0 Å². The summed E-state index contributed by atoms with van der Waals surface area (Å²) in [4.78, 5) is 0. The fourth-order valence-electron chi connectivity index (χ4n) is 3.23. The molecule has 0 aromatic carbocycles. The second-order valence-electron chi connectivity index (χ2n) is 5.80. The third kappa shape index (κ3) is 2.99. The summed E-state index contributed by atoms with van der Waals surface area (Å²) >= 11 is 0. The van der Waals surface area contributed by atoms with Crippen LogP contribution in [0.25, 0.3) is 0 Å². The van der Waals surface area contributed by atoms with Crippen molar-refractivity contribution in [1.82, 2.24) is 0 Å². The average Bonchev–Trinajstić information content (AvgIpc) is 2.22. The summed E-state index contributed by atoms with van der Waals surface area (Å²) in [6.45, 7) is 4.56. The molecule has 0 N–H and O–H groups in total. The largest absolute Gasteiger partial charge is 0.0806 e. The van der Waals surface area contributed by atoms with Crippen molar-refractivity contribution in [3.63, 3.8) is 0 Å². The summed E-state index contributed by atoms with van der Waals surface area (Å²) in [5, 5.41) is 0. The maximum Gasteiger partial charge on any atom is -0.0165 e. The van der Waals surface area contributed by atoms with E-state index in [0.29, 0.717) is 0 Å². The highest BCUT2D eigenvalue weighted by Crippen LogP contribution is 2.35. The van der Waals surface area contributed by atoms with Gasteiger partial charge in [0.1, 0.15) is 0 Å². The zero-order valence-electron chi connectivity index (χ0n) is 11.0. The van der Waals surface area contributed by atoms with Gasteiger partial charge in [-0.3, -0.25) is 0 Å². The summed E-state index contributed by atoms with van der Waals surface area (Å²) in [7, 11) is 0. The number of rotatable bonds is 1. The summed E-state index contributed by atoms with van der Waals surface area (Å²) < 4.78 is 0. The van der Waals surface area contributed by atoms with Crippen LogP contribution in [-0.2, 0) is 0 Å². The van der Waals surface area contributed by atoms with Crippen LogP contribution >= 0.6 is 0 Å². The summed E-state index contributed by atoms with van der Waals surface area (Å²) in [6, 6.07) is 0. The summed E-state index contributed by atoms with van der Waals surface area (Å²) in [6.07, 6.45) is 16.5. The van der Waals surface area contributed by atoms with E-state index in [2.05, 4.69) is 26.0 Å². The number of allylic oxidation sites excluding steroid dienone is 4. The van der Waals surface area contributed by atoms with Gasteiger partial charge in [0.25, 0.3) is 0 Å². The summed E-state index contributed by atoms with van der Waals surface area (Å²) in [5.74, 6) is 1.82.